The zero-order valence-electron chi connectivity index (χ0n) is 13.7. The van der Waals surface area contributed by atoms with Gasteiger partial charge in [-0.25, -0.2) is 28.5 Å². The Morgan fingerprint density at radius 2 is 2.04 bits per heavy atom. The van der Waals surface area contributed by atoms with Crippen molar-refractivity contribution in [2.75, 3.05) is 6.61 Å². The summed E-state index contributed by atoms with van der Waals surface area (Å²) in [6.07, 6.45) is 1.89. The second-order valence-corrected chi connectivity index (χ2v) is 5.24. The second-order valence-electron chi connectivity index (χ2n) is 5.24. The quantitative estimate of drug-likeness (QED) is 0.523. The van der Waals surface area contributed by atoms with E-state index in [4.69, 9.17) is 20.6 Å². The Kier molecular flexibility index (Phi) is 5.94. The molecule has 0 saturated heterocycles. The normalized spacial score (nSPS) is 10.9. The van der Waals surface area contributed by atoms with Crippen LogP contribution in [0.3, 0.4) is 0 Å². The molecule has 138 valence electrons. The van der Waals surface area contributed by atoms with Crippen LogP contribution in [0.1, 0.15) is 12.6 Å². The molecule has 0 aliphatic carbocycles. The molecule has 0 aromatic carbocycles. The van der Waals surface area contributed by atoms with Gasteiger partial charge in [0.25, 0.3) is 5.92 Å². The van der Waals surface area contributed by atoms with Gasteiger partial charge in [-0.1, -0.05) is 6.07 Å². The van der Waals surface area contributed by atoms with Crippen molar-refractivity contribution in [2.45, 2.75) is 19.5 Å². The first-order chi connectivity index (χ1) is 12.2. The molecule has 2 heterocycles. The number of alkyl halides is 2. The van der Waals surface area contributed by atoms with Gasteiger partial charge in [0.05, 0.1) is 11.4 Å². The number of amides is 1. The fraction of sp³-hybridized carbons (Fsp3) is 0.267. The van der Waals surface area contributed by atoms with Gasteiger partial charge in [0.2, 0.25) is 0 Å². The first-order valence-electron chi connectivity index (χ1n) is 7.30. The number of rotatable bonds is 6. The molecule has 2 rings (SSSR count). The van der Waals surface area contributed by atoms with Crippen molar-refractivity contribution in [3.05, 3.63) is 36.3 Å². The van der Waals surface area contributed by atoms with Crippen molar-refractivity contribution >= 4 is 12.1 Å². The molecule has 0 aliphatic heterocycles. The maximum absolute atomic E-state index is 12.7. The molecular formula is C15H16F2N6O3. The van der Waals surface area contributed by atoms with Crippen LogP contribution in [0.25, 0.3) is 11.3 Å². The Labute approximate surface area is 147 Å². The van der Waals surface area contributed by atoms with Gasteiger partial charge in [-0.05, 0) is 12.1 Å². The zero-order chi connectivity index (χ0) is 19.2. The predicted molar refractivity (Wildman–Crippen MR) is 86.6 cm³/mol. The monoisotopic (exact) mass is 366 g/mol. The van der Waals surface area contributed by atoms with E-state index in [-0.39, 0.29) is 12.6 Å². The number of nitrogens with two attached hydrogens (primary N) is 1. The first kappa shape index (κ1) is 19.0. The van der Waals surface area contributed by atoms with Gasteiger partial charge in [-0.15, -0.1) is 0 Å². The van der Waals surface area contributed by atoms with E-state index in [1.165, 1.54) is 12.4 Å². The number of pyridine rings is 1. The fourth-order valence-electron chi connectivity index (χ4n) is 1.72. The number of halogens is 2. The van der Waals surface area contributed by atoms with Gasteiger partial charge in [0, 0.05) is 24.9 Å². The van der Waals surface area contributed by atoms with Crippen molar-refractivity contribution in [1.29, 1.82) is 5.41 Å². The van der Waals surface area contributed by atoms with E-state index in [0.717, 1.165) is 6.92 Å². The molecule has 26 heavy (non-hydrogen) atoms. The minimum absolute atomic E-state index is 0.138. The lowest BCUT2D eigenvalue weighted by Crippen LogP contribution is -2.36. The van der Waals surface area contributed by atoms with Gasteiger partial charge in [0.1, 0.15) is 6.61 Å². The molecule has 0 radical (unpaired) electrons. The third-order valence-corrected chi connectivity index (χ3v) is 2.77. The number of aromatic nitrogens is 3. The highest BCUT2D eigenvalue weighted by Crippen LogP contribution is 2.18. The maximum Gasteiger partial charge on any atom is 0.414 e. The van der Waals surface area contributed by atoms with E-state index in [1.54, 1.807) is 18.2 Å². The lowest BCUT2D eigenvalue weighted by molar-refractivity contribution is -0.0256. The molecule has 2 aromatic rings. The fourth-order valence-corrected chi connectivity index (χ4v) is 1.72. The number of carbonyl (C=O) groups is 1. The summed E-state index contributed by atoms with van der Waals surface area (Å²) < 4.78 is 35.1. The van der Waals surface area contributed by atoms with Crippen LogP contribution in [-0.4, -0.2) is 39.5 Å². The average molecular weight is 366 g/mol. The minimum atomic E-state index is -2.98. The first-order valence-corrected chi connectivity index (χ1v) is 7.30. The summed E-state index contributed by atoms with van der Waals surface area (Å²) >= 11 is 0. The third-order valence-electron chi connectivity index (χ3n) is 2.77. The van der Waals surface area contributed by atoms with Gasteiger partial charge in [-0.2, -0.15) is 0 Å². The van der Waals surface area contributed by atoms with E-state index >= 15 is 0 Å². The van der Waals surface area contributed by atoms with Crippen LogP contribution in [0.4, 0.5) is 13.6 Å². The van der Waals surface area contributed by atoms with E-state index in [1.807, 2.05) is 5.32 Å². The van der Waals surface area contributed by atoms with Crippen LogP contribution in [-0.2, 0) is 11.3 Å². The molecule has 0 atom stereocenters. The Morgan fingerprint density at radius 1 is 1.35 bits per heavy atom. The van der Waals surface area contributed by atoms with Crippen molar-refractivity contribution in [2.24, 2.45) is 5.73 Å². The van der Waals surface area contributed by atoms with Crippen LogP contribution in [0.2, 0.25) is 0 Å². The number of ether oxygens (including phenoxy) is 2. The minimum Gasteiger partial charge on any atom is -0.457 e. The SMILES string of the molecule is CC(F)(F)COc1ncc(-c2cccc(COC(=O)NC(=N)N)n2)cn1. The van der Waals surface area contributed by atoms with Crippen molar-refractivity contribution in [1.82, 2.24) is 20.3 Å². The molecule has 11 heteroatoms. The zero-order valence-corrected chi connectivity index (χ0v) is 13.7. The number of guanidine groups is 1. The number of nitrogens with one attached hydrogen (secondary N) is 2. The van der Waals surface area contributed by atoms with E-state index in [9.17, 15) is 13.6 Å². The molecule has 0 bridgehead atoms. The number of carbonyl (C=O) groups excluding carboxylic acids is 1. The van der Waals surface area contributed by atoms with Crippen LogP contribution in [0.15, 0.2) is 30.6 Å². The summed E-state index contributed by atoms with van der Waals surface area (Å²) in [4.78, 5) is 23.3. The summed E-state index contributed by atoms with van der Waals surface area (Å²) in [5, 5.41) is 8.89. The highest BCUT2D eigenvalue weighted by molar-refractivity contribution is 5.90. The topological polar surface area (TPSA) is 136 Å². The van der Waals surface area contributed by atoms with Crippen LogP contribution in [0.5, 0.6) is 6.01 Å². The van der Waals surface area contributed by atoms with E-state index < -0.39 is 24.6 Å². The number of nitrogens with zero attached hydrogens (tertiary/aromatic N) is 3. The Morgan fingerprint density at radius 3 is 2.65 bits per heavy atom. The molecule has 0 spiro atoms. The van der Waals surface area contributed by atoms with Crippen LogP contribution in [0, 0.1) is 5.41 Å². The molecule has 0 aliphatic rings. The molecule has 0 saturated carbocycles. The highest BCUT2D eigenvalue weighted by Gasteiger charge is 2.22. The van der Waals surface area contributed by atoms with Gasteiger partial charge >= 0.3 is 12.1 Å². The molecular weight excluding hydrogens is 350 g/mol. The lowest BCUT2D eigenvalue weighted by atomic mass is 10.2. The molecule has 2 aromatic heterocycles. The summed E-state index contributed by atoms with van der Waals surface area (Å²) in [5.41, 5.74) is 6.46. The third kappa shape index (κ3) is 6.26. The van der Waals surface area contributed by atoms with E-state index in [0.29, 0.717) is 17.0 Å². The number of hydrogen-bond donors (Lipinski definition) is 3. The van der Waals surface area contributed by atoms with Gasteiger partial charge in [-0.3, -0.25) is 10.7 Å². The predicted octanol–water partition coefficient (Wildman–Crippen LogP) is 1.69. The van der Waals surface area contributed by atoms with Gasteiger partial charge in [0.15, 0.2) is 12.6 Å². The summed E-state index contributed by atoms with van der Waals surface area (Å²) in [6.45, 7) is -0.226. The van der Waals surface area contributed by atoms with E-state index in [2.05, 4.69) is 15.0 Å². The van der Waals surface area contributed by atoms with Crippen LogP contribution >= 0.6 is 0 Å². The van der Waals surface area contributed by atoms with Gasteiger partial charge < -0.3 is 15.2 Å². The maximum atomic E-state index is 12.7. The Balaban J connectivity index is 2.00. The molecule has 9 nitrogen and oxygen atoms in total. The lowest BCUT2D eigenvalue weighted by Gasteiger charge is -2.10. The van der Waals surface area contributed by atoms with Crippen molar-refractivity contribution in [3.63, 3.8) is 0 Å². The van der Waals surface area contributed by atoms with Crippen molar-refractivity contribution < 1.29 is 23.0 Å². The van der Waals surface area contributed by atoms with Crippen LogP contribution < -0.4 is 15.8 Å². The average Bonchev–Trinajstić information content (AvgIpc) is 2.58. The largest absolute Gasteiger partial charge is 0.457 e. The second kappa shape index (κ2) is 8.14. The summed E-state index contributed by atoms with van der Waals surface area (Å²) in [7, 11) is 0. The molecule has 1 amide bonds. The number of alkyl carbamates (subject to hydrolysis) is 1. The number of hydrogen-bond acceptors (Lipinski definition) is 7. The Bertz CT molecular complexity index is 780. The molecule has 0 unspecified atom stereocenters. The Hall–Kier alpha value is -3.37. The molecule has 0 fully saturated rings. The summed E-state index contributed by atoms with van der Waals surface area (Å²) in [5.74, 6) is -3.51. The smallest absolute Gasteiger partial charge is 0.414 e. The molecule has 4 N–H and O–H groups in total. The van der Waals surface area contributed by atoms with Crippen molar-refractivity contribution in [3.8, 4) is 17.3 Å². The standard InChI is InChI=1S/C15H16F2N6O3/c1-15(16,17)8-26-13-20-5-9(6-21-13)11-4-2-3-10(22-11)7-25-14(24)23-12(18)19/h2-6H,7-8H2,1H3,(H4,18,19,23,24). The highest BCUT2D eigenvalue weighted by atomic mass is 19.3. The summed E-state index contributed by atoms with van der Waals surface area (Å²) in [6, 6.07) is 4.83.